The largest absolute Gasteiger partial charge is 0.336 e. The summed E-state index contributed by atoms with van der Waals surface area (Å²) in [5.41, 5.74) is 7.91. The number of amides is 1. The van der Waals surface area contributed by atoms with Gasteiger partial charge in [0.05, 0.1) is 34.7 Å². The van der Waals surface area contributed by atoms with Crippen molar-refractivity contribution in [3.63, 3.8) is 0 Å². The van der Waals surface area contributed by atoms with Crippen LogP contribution in [0, 0.1) is 18.7 Å². The molecule has 0 bridgehead atoms. The summed E-state index contributed by atoms with van der Waals surface area (Å²) in [5, 5.41) is 11.3. The van der Waals surface area contributed by atoms with E-state index in [1.165, 1.54) is 12.1 Å². The maximum Gasteiger partial charge on any atom is 0.224 e. The summed E-state index contributed by atoms with van der Waals surface area (Å²) in [6, 6.07) is 12.4. The van der Waals surface area contributed by atoms with Gasteiger partial charge in [0.15, 0.2) is 11.3 Å². The topological polar surface area (TPSA) is 112 Å². The minimum absolute atomic E-state index is 0.0417. The zero-order valence-corrected chi connectivity index (χ0v) is 22.4. The monoisotopic (exact) mass is 533 g/mol. The van der Waals surface area contributed by atoms with Gasteiger partial charge >= 0.3 is 0 Å². The molecule has 200 valence electrons. The number of allylic oxidation sites excluding steroid dienone is 1. The SMILES string of the molecule is Cc1ccc(-c2cccc(F)c2)c2[nH]c(-c3n[nH]c4c3=CC(c3cncc(NC(=O)CC(C)C)c3)=CCN=4)nc12. The van der Waals surface area contributed by atoms with E-state index in [4.69, 9.17) is 4.98 Å². The van der Waals surface area contributed by atoms with E-state index in [2.05, 4.69) is 30.5 Å². The molecule has 40 heavy (non-hydrogen) atoms. The van der Waals surface area contributed by atoms with Crippen LogP contribution in [0.4, 0.5) is 10.1 Å². The van der Waals surface area contributed by atoms with Crippen LogP contribution in [0.15, 0.2) is 65.9 Å². The molecule has 9 heteroatoms. The zero-order chi connectivity index (χ0) is 27.8. The number of hydrogen-bond acceptors (Lipinski definition) is 5. The van der Waals surface area contributed by atoms with Crippen LogP contribution >= 0.6 is 0 Å². The van der Waals surface area contributed by atoms with Crippen LogP contribution in [0.1, 0.15) is 31.4 Å². The van der Waals surface area contributed by atoms with Gasteiger partial charge in [0.2, 0.25) is 5.91 Å². The van der Waals surface area contributed by atoms with Crippen LogP contribution in [0.5, 0.6) is 0 Å². The first-order valence-corrected chi connectivity index (χ1v) is 13.2. The van der Waals surface area contributed by atoms with Crippen molar-refractivity contribution in [2.24, 2.45) is 10.9 Å². The Labute approximate surface area is 229 Å². The van der Waals surface area contributed by atoms with Gasteiger partial charge in [-0.05, 0) is 53.8 Å². The van der Waals surface area contributed by atoms with Crippen LogP contribution in [0.25, 0.3) is 45.3 Å². The second-order valence-electron chi connectivity index (χ2n) is 10.3. The normalized spacial score (nSPS) is 12.9. The van der Waals surface area contributed by atoms with Crippen molar-refractivity contribution < 1.29 is 9.18 Å². The van der Waals surface area contributed by atoms with Crippen LogP contribution < -0.4 is 16.0 Å². The summed E-state index contributed by atoms with van der Waals surface area (Å²) in [6.45, 7) is 6.46. The maximum atomic E-state index is 14.0. The highest BCUT2D eigenvalue weighted by Gasteiger charge is 2.17. The van der Waals surface area contributed by atoms with Crippen LogP contribution in [0.3, 0.4) is 0 Å². The number of pyridine rings is 1. The van der Waals surface area contributed by atoms with E-state index in [9.17, 15) is 9.18 Å². The molecule has 3 N–H and O–H groups in total. The molecule has 4 heterocycles. The van der Waals surface area contributed by atoms with E-state index in [-0.39, 0.29) is 17.6 Å². The predicted molar refractivity (Wildman–Crippen MR) is 154 cm³/mol. The number of hydrogen-bond donors (Lipinski definition) is 3. The molecule has 0 saturated heterocycles. The summed E-state index contributed by atoms with van der Waals surface area (Å²) in [7, 11) is 0. The fourth-order valence-corrected chi connectivity index (χ4v) is 4.91. The number of rotatable bonds is 6. The first-order chi connectivity index (χ1) is 19.4. The summed E-state index contributed by atoms with van der Waals surface area (Å²) in [5.74, 6) is 0.512. The van der Waals surface area contributed by atoms with Crippen molar-refractivity contribution in [1.29, 1.82) is 0 Å². The van der Waals surface area contributed by atoms with Gasteiger partial charge in [0.25, 0.3) is 0 Å². The number of aromatic amines is 2. The molecular formula is C31H28FN7O. The summed E-state index contributed by atoms with van der Waals surface area (Å²) in [4.78, 5) is 29.7. The lowest BCUT2D eigenvalue weighted by Gasteiger charge is -2.09. The molecule has 0 atom stereocenters. The van der Waals surface area contributed by atoms with Crippen molar-refractivity contribution in [3.8, 4) is 22.6 Å². The zero-order valence-electron chi connectivity index (χ0n) is 22.4. The lowest BCUT2D eigenvalue weighted by molar-refractivity contribution is -0.116. The molecule has 1 aliphatic rings. The molecular weight excluding hydrogens is 505 g/mol. The number of aryl methyl sites for hydroxylation is 1. The first-order valence-electron chi connectivity index (χ1n) is 13.2. The summed E-state index contributed by atoms with van der Waals surface area (Å²) < 4.78 is 14.0. The number of carbonyl (C=O) groups is 1. The second kappa shape index (κ2) is 10.3. The number of nitrogens with one attached hydrogen (secondary N) is 3. The minimum Gasteiger partial charge on any atom is -0.336 e. The Hall–Kier alpha value is -4.92. The molecule has 1 amide bonds. The Kier molecular flexibility index (Phi) is 6.55. The lowest BCUT2D eigenvalue weighted by Crippen LogP contribution is -2.24. The standard InChI is InChI=1S/C31H28FN7O/c1-17(2)11-26(40)35-23-13-21(15-33-16-23)19-9-10-34-30-25(14-19)29(38-39-30)31-36-27-18(3)7-8-24(28(27)37-31)20-5-4-6-22(32)12-20/h4-9,12-17H,10-11H2,1-3H3,(H,34,39)(H,35,40)(H,36,37). The average molecular weight is 534 g/mol. The number of fused-ring (bicyclic) bond motifs is 2. The fraction of sp³-hybridized carbons (Fsp3) is 0.194. The smallest absolute Gasteiger partial charge is 0.224 e. The third-order valence-electron chi connectivity index (χ3n) is 6.80. The van der Waals surface area contributed by atoms with Crippen LogP contribution in [0.2, 0.25) is 0 Å². The van der Waals surface area contributed by atoms with Gasteiger partial charge in [-0.25, -0.2) is 9.37 Å². The van der Waals surface area contributed by atoms with Crippen molar-refractivity contribution in [2.45, 2.75) is 27.2 Å². The van der Waals surface area contributed by atoms with Gasteiger partial charge in [-0.15, -0.1) is 0 Å². The maximum absolute atomic E-state index is 14.0. The van der Waals surface area contributed by atoms with E-state index >= 15 is 0 Å². The number of nitrogens with zero attached hydrogens (tertiary/aromatic N) is 4. The minimum atomic E-state index is -0.294. The number of carbonyl (C=O) groups excluding carboxylic acids is 1. The number of imidazole rings is 1. The third kappa shape index (κ3) is 4.93. The molecule has 8 nitrogen and oxygen atoms in total. The van der Waals surface area contributed by atoms with Crippen LogP contribution in [-0.4, -0.2) is 37.6 Å². The number of H-pyrrole nitrogens is 2. The third-order valence-corrected chi connectivity index (χ3v) is 6.80. The molecule has 0 fully saturated rings. The Morgan fingerprint density at radius 3 is 2.83 bits per heavy atom. The van der Waals surface area contributed by atoms with Gasteiger partial charge in [-0.1, -0.05) is 44.2 Å². The van der Waals surface area contributed by atoms with Crippen molar-refractivity contribution >= 4 is 34.3 Å². The second-order valence-corrected chi connectivity index (χ2v) is 10.3. The molecule has 3 aromatic heterocycles. The van der Waals surface area contributed by atoms with Gasteiger partial charge in [-0.2, -0.15) is 5.10 Å². The highest BCUT2D eigenvalue weighted by molar-refractivity contribution is 5.96. The Morgan fingerprint density at radius 2 is 2.00 bits per heavy atom. The first kappa shape index (κ1) is 25.4. The van der Waals surface area contributed by atoms with E-state index in [1.807, 2.05) is 57.2 Å². The molecule has 0 unspecified atom stereocenters. The van der Waals surface area contributed by atoms with Gasteiger partial charge in [0.1, 0.15) is 11.5 Å². The summed E-state index contributed by atoms with van der Waals surface area (Å²) >= 11 is 0. The average Bonchev–Trinajstić information content (AvgIpc) is 3.47. The molecule has 2 aromatic carbocycles. The van der Waals surface area contributed by atoms with Crippen molar-refractivity contribution in [3.05, 3.63) is 88.6 Å². The molecule has 1 aliphatic heterocycles. The predicted octanol–water partition coefficient (Wildman–Crippen LogP) is 4.94. The van der Waals surface area contributed by atoms with Gasteiger partial charge in [0, 0.05) is 23.7 Å². The van der Waals surface area contributed by atoms with Crippen molar-refractivity contribution in [2.75, 3.05) is 11.9 Å². The lowest BCUT2D eigenvalue weighted by atomic mass is 10.0. The highest BCUT2D eigenvalue weighted by Crippen LogP contribution is 2.31. The molecule has 0 aliphatic carbocycles. The molecule has 6 rings (SSSR count). The van der Waals surface area contributed by atoms with Crippen LogP contribution in [-0.2, 0) is 4.79 Å². The highest BCUT2D eigenvalue weighted by atomic mass is 19.1. The molecule has 5 aromatic rings. The number of halogens is 1. The quantitative estimate of drug-likeness (QED) is 0.287. The molecule has 0 saturated carbocycles. The number of aromatic nitrogens is 5. The Morgan fingerprint density at radius 1 is 1.12 bits per heavy atom. The Bertz CT molecular complexity index is 1920. The van der Waals surface area contributed by atoms with E-state index in [1.54, 1.807) is 18.5 Å². The van der Waals surface area contributed by atoms with E-state index in [0.717, 1.165) is 44.1 Å². The fourth-order valence-electron chi connectivity index (χ4n) is 4.91. The molecule has 0 radical (unpaired) electrons. The van der Waals surface area contributed by atoms with Gasteiger partial charge < -0.3 is 10.3 Å². The van der Waals surface area contributed by atoms with E-state index in [0.29, 0.717) is 35.7 Å². The summed E-state index contributed by atoms with van der Waals surface area (Å²) in [6.07, 6.45) is 7.87. The molecule has 0 spiro atoms. The van der Waals surface area contributed by atoms with Crippen molar-refractivity contribution in [1.82, 2.24) is 25.1 Å². The van der Waals surface area contributed by atoms with Gasteiger partial charge in [-0.3, -0.25) is 19.9 Å². The number of benzene rings is 2. The number of anilines is 1. The van der Waals surface area contributed by atoms with E-state index < -0.39 is 0 Å². The Balaban J connectivity index is 1.42.